The van der Waals surface area contributed by atoms with Crippen LogP contribution in [0.2, 0.25) is 0 Å². The van der Waals surface area contributed by atoms with Gasteiger partial charge < -0.3 is 9.47 Å². The molecule has 0 heterocycles. The van der Waals surface area contributed by atoms with E-state index in [9.17, 15) is 0 Å². The Morgan fingerprint density at radius 1 is 1.08 bits per heavy atom. The number of rotatable bonds is 6. The van der Waals surface area contributed by atoms with Crippen molar-refractivity contribution in [2.75, 3.05) is 6.61 Å². The molecule has 0 spiro atoms. The maximum atomic E-state index is 8.85. The third kappa shape index (κ3) is 4.87. The summed E-state index contributed by atoms with van der Waals surface area (Å²) in [6, 6.07) is 16.9. The van der Waals surface area contributed by atoms with Crippen molar-refractivity contribution >= 4 is 22.0 Å². The minimum atomic E-state index is 0.0419. The lowest BCUT2D eigenvalue weighted by Crippen LogP contribution is -2.00. The van der Waals surface area contributed by atoms with Crippen molar-refractivity contribution in [2.24, 2.45) is 0 Å². The third-order valence-electron chi connectivity index (χ3n) is 3.10. The highest BCUT2D eigenvalue weighted by Crippen LogP contribution is 2.30. The molecule has 0 aliphatic rings. The normalized spacial score (nSPS) is 9.50. The molecule has 2 aromatic rings. The maximum absolute atomic E-state index is 8.85. The van der Waals surface area contributed by atoms with E-state index in [1.165, 1.54) is 6.08 Å². The van der Waals surface area contributed by atoms with Gasteiger partial charge in [0, 0.05) is 4.47 Å². The fourth-order valence-corrected chi connectivity index (χ4v) is 2.49. The van der Waals surface area contributed by atoms with E-state index in [1.807, 2.05) is 43.3 Å². The number of nitrogens with zero attached hydrogens (tertiary/aromatic N) is 2. The highest BCUT2D eigenvalue weighted by molar-refractivity contribution is 9.10. The lowest BCUT2D eigenvalue weighted by molar-refractivity contribution is 0.269. The fourth-order valence-electron chi connectivity index (χ4n) is 2.05. The van der Waals surface area contributed by atoms with Crippen molar-refractivity contribution in [3.05, 3.63) is 63.6 Å². The Bertz CT molecular complexity index is 816. The molecule has 24 heavy (non-hydrogen) atoms. The van der Waals surface area contributed by atoms with E-state index in [4.69, 9.17) is 20.0 Å². The van der Waals surface area contributed by atoms with E-state index < -0.39 is 0 Å². The number of nitriles is 2. The van der Waals surface area contributed by atoms with E-state index in [2.05, 4.69) is 15.9 Å². The topological polar surface area (TPSA) is 66.0 Å². The van der Waals surface area contributed by atoms with Gasteiger partial charge in [-0.3, -0.25) is 0 Å². The zero-order valence-electron chi connectivity index (χ0n) is 13.1. The van der Waals surface area contributed by atoms with Crippen LogP contribution in [0.5, 0.6) is 11.5 Å². The molecule has 5 heteroatoms. The number of halogens is 1. The van der Waals surface area contributed by atoms with E-state index >= 15 is 0 Å². The Labute approximate surface area is 149 Å². The SMILES string of the molecule is CCOc1cc(C=C(C#N)C#N)ccc1OCc1cccc(Br)c1. The smallest absolute Gasteiger partial charge is 0.161 e. The molecule has 2 aromatic carbocycles. The van der Waals surface area contributed by atoms with Gasteiger partial charge in [-0.2, -0.15) is 10.5 Å². The van der Waals surface area contributed by atoms with Crippen molar-refractivity contribution in [2.45, 2.75) is 13.5 Å². The van der Waals surface area contributed by atoms with Crippen molar-refractivity contribution in [3.63, 3.8) is 0 Å². The lowest BCUT2D eigenvalue weighted by Gasteiger charge is -2.13. The molecule has 0 unspecified atom stereocenters. The van der Waals surface area contributed by atoms with Gasteiger partial charge in [0.05, 0.1) is 6.61 Å². The summed E-state index contributed by atoms with van der Waals surface area (Å²) in [6.07, 6.45) is 1.51. The first-order valence-electron chi connectivity index (χ1n) is 7.32. The highest BCUT2D eigenvalue weighted by Gasteiger charge is 2.07. The van der Waals surface area contributed by atoms with Gasteiger partial charge >= 0.3 is 0 Å². The van der Waals surface area contributed by atoms with Crippen LogP contribution in [0.25, 0.3) is 6.08 Å². The summed E-state index contributed by atoms with van der Waals surface area (Å²) in [5, 5.41) is 17.7. The summed E-state index contributed by atoms with van der Waals surface area (Å²) in [4.78, 5) is 0. The summed E-state index contributed by atoms with van der Waals surface area (Å²) in [5.41, 5.74) is 1.79. The second kappa shape index (κ2) is 8.76. The number of ether oxygens (including phenoxy) is 2. The molecule has 2 rings (SSSR count). The molecule has 4 nitrogen and oxygen atoms in total. The number of hydrogen-bond acceptors (Lipinski definition) is 4. The van der Waals surface area contributed by atoms with Gasteiger partial charge in [0.15, 0.2) is 11.5 Å². The van der Waals surface area contributed by atoms with Crippen LogP contribution in [0.15, 0.2) is 52.5 Å². The van der Waals surface area contributed by atoms with E-state index in [0.717, 1.165) is 10.0 Å². The van der Waals surface area contributed by atoms with Crippen LogP contribution >= 0.6 is 15.9 Å². The molecule has 0 aliphatic carbocycles. The Kier molecular flexibility index (Phi) is 6.42. The summed E-state index contributed by atoms with van der Waals surface area (Å²) in [6.45, 7) is 2.79. The summed E-state index contributed by atoms with van der Waals surface area (Å²) < 4.78 is 12.5. The first-order valence-corrected chi connectivity index (χ1v) is 8.11. The van der Waals surface area contributed by atoms with Gasteiger partial charge in [-0.25, -0.2) is 0 Å². The van der Waals surface area contributed by atoms with Crippen LogP contribution < -0.4 is 9.47 Å². The predicted molar refractivity (Wildman–Crippen MR) is 95.3 cm³/mol. The molecule has 0 amide bonds. The quantitative estimate of drug-likeness (QED) is 0.669. The summed E-state index contributed by atoms with van der Waals surface area (Å²) in [5.74, 6) is 1.20. The van der Waals surface area contributed by atoms with Crippen molar-refractivity contribution in [1.82, 2.24) is 0 Å². The second-order valence-corrected chi connectivity index (χ2v) is 5.76. The standard InChI is InChI=1S/C19H15BrN2O2/c1-2-23-19-10-14(8-16(11-21)12-22)6-7-18(19)24-13-15-4-3-5-17(20)9-15/h3-10H,2,13H2,1H3. The first-order chi connectivity index (χ1) is 11.7. The first kappa shape index (κ1) is 17.6. The second-order valence-electron chi connectivity index (χ2n) is 4.84. The Morgan fingerprint density at radius 3 is 2.54 bits per heavy atom. The molecular formula is C19H15BrN2O2. The van der Waals surface area contributed by atoms with Gasteiger partial charge in [0.25, 0.3) is 0 Å². The van der Waals surface area contributed by atoms with Gasteiger partial charge in [0.2, 0.25) is 0 Å². The van der Waals surface area contributed by atoms with E-state index in [0.29, 0.717) is 30.3 Å². The number of hydrogen-bond donors (Lipinski definition) is 0. The third-order valence-corrected chi connectivity index (χ3v) is 3.60. The average molecular weight is 383 g/mol. The zero-order chi connectivity index (χ0) is 17.4. The maximum Gasteiger partial charge on any atom is 0.161 e. The molecule has 0 saturated heterocycles. The number of allylic oxidation sites excluding steroid dienone is 1. The molecular weight excluding hydrogens is 368 g/mol. The molecule has 0 aliphatic heterocycles. The molecule has 0 bridgehead atoms. The molecule has 0 radical (unpaired) electrons. The van der Waals surface area contributed by atoms with Gasteiger partial charge in [-0.05, 0) is 48.4 Å². The van der Waals surface area contributed by atoms with Crippen LogP contribution in [0.4, 0.5) is 0 Å². The van der Waals surface area contributed by atoms with Crippen LogP contribution in [0.3, 0.4) is 0 Å². The monoisotopic (exact) mass is 382 g/mol. The number of benzene rings is 2. The summed E-state index contributed by atoms with van der Waals surface area (Å²) >= 11 is 3.43. The zero-order valence-corrected chi connectivity index (χ0v) is 14.7. The van der Waals surface area contributed by atoms with Gasteiger partial charge in [-0.1, -0.05) is 34.1 Å². The van der Waals surface area contributed by atoms with E-state index in [1.54, 1.807) is 18.2 Å². The minimum Gasteiger partial charge on any atom is -0.490 e. The highest BCUT2D eigenvalue weighted by atomic mass is 79.9. The molecule has 120 valence electrons. The Hall–Kier alpha value is -2.76. The molecule has 0 saturated carbocycles. The Balaban J connectivity index is 2.22. The molecule has 0 aromatic heterocycles. The van der Waals surface area contributed by atoms with Crippen molar-refractivity contribution in [1.29, 1.82) is 10.5 Å². The largest absolute Gasteiger partial charge is 0.490 e. The predicted octanol–water partition coefficient (Wildman–Crippen LogP) is 4.86. The van der Waals surface area contributed by atoms with Crippen LogP contribution in [-0.4, -0.2) is 6.61 Å². The van der Waals surface area contributed by atoms with Crippen LogP contribution in [-0.2, 0) is 6.61 Å². The van der Waals surface area contributed by atoms with Crippen LogP contribution in [0.1, 0.15) is 18.1 Å². The van der Waals surface area contributed by atoms with Crippen LogP contribution in [0, 0.1) is 22.7 Å². The van der Waals surface area contributed by atoms with Crippen molar-refractivity contribution < 1.29 is 9.47 Å². The van der Waals surface area contributed by atoms with E-state index in [-0.39, 0.29) is 5.57 Å². The molecule has 0 atom stereocenters. The molecule has 0 N–H and O–H groups in total. The molecule has 0 fully saturated rings. The summed E-state index contributed by atoms with van der Waals surface area (Å²) in [7, 11) is 0. The minimum absolute atomic E-state index is 0.0419. The van der Waals surface area contributed by atoms with Gasteiger partial charge in [0.1, 0.15) is 24.3 Å². The van der Waals surface area contributed by atoms with Crippen molar-refractivity contribution in [3.8, 4) is 23.6 Å². The fraction of sp³-hybridized carbons (Fsp3) is 0.158. The lowest BCUT2D eigenvalue weighted by atomic mass is 10.1. The average Bonchev–Trinajstić information content (AvgIpc) is 2.59. The Morgan fingerprint density at radius 2 is 1.88 bits per heavy atom. The van der Waals surface area contributed by atoms with Gasteiger partial charge in [-0.15, -0.1) is 0 Å².